The molecule has 0 saturated carbocycles. The highest BCUT2D eigenvalue weighted by molar-refractivity contribution is 7.80. The van der Waals surface area contributed by atoms with Gasteiger partial charge in [-0.25, -0.2) is 0 Å². The van der Waals surface area contributed by atoms with Crippen LogP contribution in [0, 0.1) is 16.2 Å². The summed E-state index contributed by atoms with van der Waals surface area (Å²) < 4.78 is 0. The Bertz CT molecular complexity index is 932. The Morgan fingerprint density at radius 2 is 1.22 bits per heavy atom. The van der Waals surface area contributed by atoms with Gasteiger partial charge in [0, 0.05) is 36.1 Å². The molecule has 2 nitrogen and oxygen atoms in total. The second kappa shape index (κ2) is 12.3. The van der Waals surface area contributed by atoms with Crippen molar-refractivity contribution in [2.24, 2.45) is 22.0 Å². The van der Waals surface area contributed by atoms with E-state index in [1.165, 1.54) is 22.3 Å². The molecule has 0 spiro atoms. The third kappa shape index (κ3) is 7.79. The Kier molecular flexibility index (Phi) is 10.7. The molecular formula is C32H52N2S2. The summed E-state index contributed by atoms with van der Waals surface area (Å²) in [6.45, 7) is 23.0. The van der Waals surface area contributed by atoms with Gasteiger partial charge in [0.15, 0.2) is 0 Å². The molecule has 0 aromatic heterocycles. The number of hydrogen-bond donors (Lipinski definition) is 4. The molecule has 4 heteroatoms. The number of thiol groups is 2. The average Bonchev–Trinajstić information content (AvgIpc) is 2.77. The summed E-state index contributed by atoms with van der Waals surface area (Å²) in [4.78, 5) is 0. The van der Waals surface area contributed by atoms with Crippen molar-refractivity contribution in [2.75, 3.05) is 12.3 Å². The van der Waals surface area contributed by atoms with Crippen LogP contribution in [0.4, 0.5) is 0 Å². The van der Waals surface area contributed by atoms with Crippen molar-refractivity contribution in [1.82, 2.24) is 5.32 Å². The minimum absolute atomic E-state index is 0.0309. The zero-order chi connectivity index (χ0) is 27.4. The lowest BCUT2D eigenvalue weighted by Gasteiger charge is -2.56. The highest BCUT2D eigenvalue weighted by Gasteiger charge is 2.52. The highest BCUT2D eigenvalue weighted by Crippen LogP contribution is 2.60. The zero-order valence-corrected chi connectivity index (χ0v) is 26.1. The summed E-state index contributed by atoms with van der Waals surface area (Å²) in [6, 6.07) is 18.3. The molecule has 36 heavy (non-hydrogen) atoms. The van der Waals surface area contributed by atoms with Gasteiger partial charge in [-0.3, -0.25) is 0 Å². The molecule has 0 aliphatic rings. The molecule has 0 heterocycles. The van der Waals surface area contributed by atoms with E-state index in [-0.39, 0.29) is 27.7 Å². The number of benzene rings is 2. The summed E-state index contributed by atoms with van der Waals surface area (Å²) in [5, 5.41) is 3.44. The summed E-state index contributed by atoms with van der Waals surface area (Å²) in [7, 11) is 0. The second-order valence-corrected chi connectivity index (χ2v) is 14.3. The normalized spacial score (nSPS) is 15.1. The molecule has 2 aromatic rings. The van der Waals surface area contributed by atoms with Gasteiger partial charge in [-0.1, -0.05) is 97.0 Å². The van der Waals surface area contributed by atoms with Crippen LogP contribution in [-0.2, 0) is 12.3 Å². The van der Waals surface area contributed by atoms with E-state index in [1.807, 2.05) is 0 Å². The van der Waals surface area contributed by atoms with Crippen LogP contribution in [0.1, 0.15) is 103 Å². The molecule has 202 valence electrons. The first-order valence-electron chi connectivity index (χ1n) is 13.4. The van der Waals surface area contributed by atoms with E-state index in [0.717, 1.165) is 31.0 Å². The fraction of sp³-hybridized carbons (Fsp3) is 0.625. The third-order valence-electron chi connectivity index (χ3n) is 8.31. The maximum atomic E-state index is 7.01. The first kappa shape index (κ1) is 31.3. The van der Waals surface area contributed by atoms with E-state index >= 15 is 0 Å². The van der Waals surface area contributed by atoms with Crippen LogP contribution in [-0.4, -0.2) is 17.8 Å². The summed E-state index contributed by atoms with van der Waals surface area (Å²) >= 11 is 8.78. The minimum atomic E-state index is -0.380. The molecular weight excluding hydrogens is 477 g/mol. The van der Waals surface area contributed by atoms with Crippen molar-refractivity contribution in [2.45, 2.75) is 98.4 Å². The van der Waals surface area contributed by atoms with E-state index in [0.29, 0.717) is 5.92 Å². The SMILES string of the molecule is CC(C)(C)CC(c1ccc(CS)cc1)C(C)(C)C(C)(C)C(c1ccc(CNCCS)cc1)C(C)(C)N. The van der Waals surface area contributed by atoms with Gasteiger partial charge in [-0.05, 0) is 64.7 Å². The van der Waals surface area contributed by atoms with Crippen LogP contribution in [0.25, 0.3) is 0 Å². The molecule has 2 aromatic carbocycles. The maximum Gasteiger partial charge on any atom is 0.0205 e. The average molecular weight is 529 g/mol. The quantitative estimate of drug-likeness (QED) is 0.165. The van der Waals surface area contributed by atoms with Crippen LogP contribution in [0.5, 0.6) is 0 Å². The molecule has 0 fully saturated rings. The molecule has 0 amide bonds. The smallest absolute Gasteiger partial charge is 0.0205 e. The molecule has 2 unspecified atom stereocenters. The van der Waals surface area contributed by atoms with Crippen molar-refractivity contribution in [3.8, 4) is 0 Å². The summed E-state index contributed by atoms with van der Waals surface area (Å²) in [6.07, 6.45) is 1.11. The van der Waals surface area contributed by atoms with Gasteiger partial charge >= 0.3 is 0 Å². The van der Waals surface area contributed by atoms with Crippen LogP contribution in [0.15, 0.2) is 48.5 Å². The third-order valence-corrected chi connectivity index (χ3v) is 8.90. The van der Waals surface area contributed by atoms with Gasteiger partial charge in [0.1, 0.15) is 0 Å². The molecule has 0 aliphatic carbocycles. The standard InChI is InChI=1S/C32H52N2S2/c1-29(2,3)20-27(25-14-12-24(22-36)13-15-25)30(4,5)31(6,7)28(32(8,9)33)26-16-10-23(11-17-26)21-34-18-19-35/h10-17,27-28,34-36H,18-22,33H2,1-9H3. The first-order valence-corrected chi connectivity index (χ1v) is 14.7. The first-order chi connectivity index (χ1) is 16.5. The fourth-order valence-corrected chi connectivity index (χ4v) is 6.36. The van der Waals surface area contributed by atoms with Crippen molar-refractivity contribution in [1.29, 1.82) is 0 Å². The Balaban J connectivity index is 2.55. The van der Waals surface area contributed by atoms with Crippen LogP contribution in [0.3, 0.4) is 0 Å². The van der Waals surface area contributed by atoms with Crippen molar-refractivity contribution in [3.05, 3.63) is 70.8 Å². The van der Waals surface area contributed by atoms with Crippen LogP contribution < -0.4 is 11.1 Å². The van der Waals surface area contributed by atoms with Gasteiger partial charge in [-0.15, -0.1) is 0 Å². The Hall–Kier alpha value is -0.940. The number of rotatable bonds is 12. The lowest BCUT2D eigenvalue weighted by atomic mass is 9.49. The lowest BCUT2D eigenvalue weighted by Crippen LogP contribution is -2.53. The molecule has 3 N–H and O–H groups in total. The molecule has 0 bridgehead atoms. The molecule has 0 aliphatic heterocycles. The van der Waals surface area contributed by atoms with Crippen molar-refractivity contribution >= 4 is 25.3 Å². The number of nitrogens with two attached hydrogens (primary N) is 1. The van der Waals surface area contributed by atoms with Gasteiger partial charge in [0.25, 0.3) is 0 Å². The van der Waals surface area contributed by atoms with Crippen LogP contribution >= 0.6 is 25.3 Å². The van der Waals surface area contributed by atoms with E-state index < -0.39 is 0 Å². The minimum Gasteiger partial charge on any atom is -0.325 e. The van der Waals surface area contributed by atoms with Gasteiger partial charge in [0.05, 0.1) is 0 Å². The molecule has 0 saturated heterocycles. The van der Waals surface area contributed by atoms with E-state index in [2.05, 4.69) is 141 Å². The monoisotopic (exact) mass is 528 g/mol. The molecule has 0 radical (unpaired) electrons. The van der Waals surface area contributed by atoms with Gasteiger partial charge in [-0.2, -0.15) is 25.3 Å². The summed E-state index contributed by atoms with van der Waals surface area (Å²) in [5.41, 5.74) is 12.0. The highest BCUT2D eigenvalue weighted by atomic mass is 32.1. The largest absolute Gasteiger partial charge is 0.325 e. The predicted octanol–water partition coefficient (Wildman–Crippen LogP) is 8.23. The van der Waals surface area contributed by atoms with E-state index in [4.69, 9.17) is 5.73 Å². The number of hydrogen-bond acceptors (Lipinski definition) is 4. The van der Waals surface area contributed by atoms with E-state index in [9.17, 15) is 0 Å². The Morgan fingerprint density at radius 1 is 0.722 bits per heavy atom. The fourth-order valence-electron chi connectivity index (χ4n) is 5.99. The summed E-state index contributed by atoms with van der Waals surface area (Å²) in [5.74, 6) is 2.18. The maximum absolute atomic E-state index is 7.01. The van der Waals surface area contributed by atoms with Crippen molar-refractivity contribution in [3.63, 3.8) is 0 Å². The second-order valence-electron chi connectivity index (χ2n) is 13.6. The van der Waals surface area contributed by atoms with Crippen LogP contribution in [0.2, 0.25) is 0 Å². The van der Waals surface area contributed by atoms with Gasteiger partial charge < -0.3 is 11.1 Å². The topological polar surface area (TPSA) is 38.0 Å². The van der Waals surface area contributed by atoms with Gasteiger partial charge in [0.2, 0.25) is 0 Å². The molecule has 2 rings (SSSR count). The van der Waals surface area contributed by atoms with Crippen molar-refractivity contribution < 1.29 is 0 Å². The van der Waals surface area contributed by atoms with E-state index in [1.54, 1.807) is 0 Å². The molecule has 2 atom stereocenters. The Labute approximate surface area is 233 Å². The predicted molar refractivity (Wildman–Crippen MR) is 167 cm³/mol. The lowest BCUT2D eigenvalue weighted by molar-refractivity contribution is 0.0108. The zero-order valence-electron chi connectivity index (χ0n) is 24.3. The number of nitrogens with one attached hydrogen (secondary N) is 1. The Morgan fingerprint density at radius 3 is 1.67 bits per heavy atom.